The molecule has 1 atom stereocenters. The van der Waals surface area contributed by atoms with Crippen LogP contribution in [-0.2, 0) is 0 Å². The molecule has 3 aliphatic rings. The lowest BCUT2D eigenvalue weighted by Crippen LogP contribution is -2.30. The van der Waals surface area contributed by atoms with Crippen molar-refractivity contribution >= 4 is 11.9 Å². The molecule has 15 heavy (non-hydrogen) atoms. The highest BCUT2D eigenvalue weighted by Crippen LogP contribution is 2.39. The van der Waals surface area contributed by atoms with Crippen molar-refractivity contribution in [1.29, 1.82) is 0 Å². The third kappa shape index (κ3) is 1.11. The maximum atomic E-state index is 4.42. The van der Waals surface area contributed by atoms with Gasteiger partial charge >= 0.3 is 0 Å². The molecule has 1 unspecified atom stereocenters. The van der Waals surface area contributed by atoms with Gasteiger partial charge < -0.3 is 0 Å². The van der Waals surface area contributed by atoms with E-state index in [0.29, 0.717) is 0 Å². The van der Waals surface area contributed by atoms with Crippen molar-refractivity contribution in [2.45, 2.75) is 0 Å². The fraction of sp³-hybridized carbons (Fsp3) is 0.0769. The summed E-state index contributed by atoms with van der Waals surface area (Å²) >= 11 is 0. The van der Waals surface area contributed by atoms with Crippen molar-refractivity contribution in [3.05, 3.63) is 60.5 Å². The molecule has 2 heterocycles. The summed E-state index contributed by atoms with van der Waals surface area (Å²) in [5.41, 5.74) is 2.08. The largest absolute Gasteiger partial charge is 0.265 e. The van der Waals surface area contributed by atoms with Crippen LogP contribution in [0.15, 0.2) is 70.5 Å². The molecule has 0 saturated heterocycles. The van der Waals surface area contributed by atoms with E-state index in [1.807, 2.05) is 42.9 Å². The van der Waals surface area contributed by atoms with Gasteiger partial charge in [-0.15, -0.1) is 0 Å². The Labute approximate surface area is 88.4 Å². The first-order chi connectivity index (χ1) is 7.42. The number of hydrogen-bond donors (Lipinski definition) is 0. The molecule has 0 aromatic carbocycles. The van der Waals surface area contributed by atoms with Crippen molar-refractivity contribution < 1.29 is 0 Å². The second-order valence-corrected chi connectivity index (χ2v) is 3.65. The molecule has 2 heteroatoms. The molecule has 0 aromatic heterocycles. The molecule has 0 saturated carbocycles. The maximum Gasteiger partial charge on any atom is 0.0757 e. The van der Waals surface area contributed by atoms with Crippen molar-refractivity contribution in [1.82, 2.24) is 0 Å². The Kier molecular flexibility index (Phi) is 1.68. The van der Waals surface area contributed by atoms with Gasteiger partial charge in [-0.2, -0.15) is 0 Å². The Hall–Kier alpha value is -1.96. The standard InChI is InChI=1S/C13H10N2/c1-2-6-13-7-10-14-8-4-11(13)5-9-15-12(13)3-1/h1-10H. The van der Waals surface area contributed by atoms with Crippen molar-refractivity contribution in [3.63, 3.8) is 0 Å². The SMILES string of the molecule is C1=CC2=NC=CC3=CC=NC=CC32C=C1. The Morgan fingerprint density at radius 2 is 2.00 bits per heavy atom. The number of nitrogens with zero attached hydrogens (tertiary/aromatic N) is 2. The molecular formula is C13H10N2. The highest BCUT2D eigenvalue weighted by atomic mass is 14.8. The van der Waals surface area contributed by atoms with Crippen LogP contribution in [0, 0.1) is 5.41 Å². The predicted molar refractivity (Wildman–Crippen MR) is 63.0 cm³/mol. The lowest BCUT2D eigenvalue weighted by atomic mass is 9.72. The zero-order chi connectivity index (χ0) is 10.1. The van der Waals surface area contributed by atoms with E-state index in [1.54, 1.807) is 0 Å². The van der Waals surface area contributed by atoms with Crippen LogP contribution in [0.1, 0.15) is 0 Å². The first kappa shape index (κ1) is 8.36. The minimum absolute atomic E-state index is 0.194. The fourth-order valence-corrected chi connectivity index (χ4v) is 2.07. The minimum atomic E-state index is -0.194. The van der Waals surface area contributed by atoms with Crippen LogP contribution in [0.5, 0.6) is 0 Å². The van der Waals surface area contributed by atoms with E-state index in [0.717, 1.165) is 5.71 Å². The van der Waals surface area contributed by atoms with E-state index in [1.165, 1.54) is 5.57 Å². The summed E-state index contributed by atoms with van der Waals surface area (Å²) in [5.74, 6) is 0. The summed E-state index contributed by atoms with van der Waals surface area (Å²) in [5, 5.41) is 0. The van der Waals surface area contributed by atoms with Crippen LogP contribution in [0.3, 0.4) is 0 Å². The van der Waals surface area contributed by atoms with Crippen LogP contribution in [0.25, 0.3) is 0 Å². The number of aliphatic imine (C=N–C) groups is 2. The molecule has 2 aliphatic heterocycles. The van der Waals surface area contributed by atoms with Crippen LogP contribution < -0.4 is 0 Å². The summed E-state index contributed by atoms with van der Waals surface area (Å²) in [4.78, 5) is 8.57. The topological polar surface area (TPSA) is 24.7 Å². The molecule has 2 nitrogen and oxygen atoms in total. The molecule has 3 rings (SSSR count). The van der Waals surface area contributed by atoms with Gasteiger partial charge in [0, 0.05) is 18.6 Å². The summed E-state index contributed by atoms with van der Waals surface area (Å²) in [7, 11) is 0. The minimum Gasteiger partial charge on any atom is -0.265 e. The van der Waals surface area contributed by atoms with Gasteiger partial charge in [-0.25, -0.2) is 0 Å². The van der Waals surface area contributed by atoms with Crippen molar-refractivity contribution in [2.75, 3.05) is 0 Å². The second kappa shape index (κ2) is 3.02. The van der Waals surface area contributed by atoms with Gasteiger partial charge in [0.05, 0.1) is 11.1 Å². The normalized spacial score (nSPS) is 30.4. The van der Waals surface area contributed by atoms with Crippen molar-refractivity contribution in [3.8, 4) is 0 Å². The molecule has 0 aromatic rings. The van der Waals surface area contributed by atoms with E-state index in [-0.39, 0.29) is 5.41 Å². The Morgan fingerprint density at radius 3 is 3.00 bits per heavy atom. The smallest absolute Gasteiger partial charge is 0.0757 e. The molecule has 72 valence electrons. The van der Waals surface area contributed by atoms with Gasteiger partial charge in [0.1, 0.15) is 0 Å². The van der Waals surface area contributed by atoms with E-state index in [2.05, 4.69) is 28.2 Å². The van der Waals surface area contributed by atoms with Crippen molar-refractivity contribution in [2.24, 2.45) is 15.4 Å². The van der Waals surface area contributed by atoms with Gasteiger partial charge in [-0.3, -0.25) is 9.98 Å². The molecule has 0 N–H and O–H groups in total. The van der Waals surface area contributed by atoms with Gasteiger partial charge in [0.2, 0.25) is 0 Å². The predicted octanol–water partition coefficient (Wildman–Crippen LogP) is 2.59. The summed E-state index contributed by atoms with van der Waals surface area (Å²) < 4.78 is 0. The first-order valence-corrected chi connectivity index (χ1v) is 4.94. The second-order valence-electron chi connectivity index (χ2n) is 3.65. The molecule has 0 fully saturated rings. The Morgan fingerprint density at radius 1 is 1.00 bits per heavy atom. The lowest BCUT2D eigenvalue weighted by Gasteiger charge is -2.32. The van der Waals surface area contributed by atoms with Gasteiger partial charge in [0.15, 0.2) is 0 Å². The maximum absolute atomic E-state index is 4.42. The van der Waals surface area contributed by atoms with E-state index < -0.39 is 0 Å². The molecule has 0 bridgehead atoms. The van der Waals surface area contributed by atoms with E-state index in [4.69, 9.17) is 0 Å². The number of rotatable bonds is 0. The number of hydrogen-bond acceptors (Lipinski definition) is 2. The van der Waals surface area contributed by atoms with Crippen LogP contribution in [-0.4, -0.2) is 11.9 Å². The van der Waals surface area contributed by atoms with Crippen LogP contribution in [0.4, 0.5) is 0 Å². The van der Waals surface area contributed by atoms with Crippen LogP contribution >= 0.6 is 0 Å². The summed E-state index contributed by atoms with van der Waals surface area (Å²) in [6.45, 7) is 0. The molecule has 1 spiro atoms. The molecule has 1 aliphatic carbocycles. The number of allylic oxidation sites excluding steroid dienone is 8. The van der Waals surface area contributed by atoms with E-state index in [9.17, 15) is 0 Å². The van der Waals surface area contributed by atoms with E-state index >= 15 is 0 Å². The molecule has 0 radical (unpaired) electrons. The zero-order valence-electron chi connectivity index (χ0n) is 8.17. The highest BCUT2D eigenvalue weighted by molar-refractivity contribution is 6.08. The third-order valence-corrected chi connectivity index (χ3v) is 2.86. The highest BCUT2D eigenvalue weighted by Gasteiger charge is 2.35. The lowest BCUT2D eigenvalue weighted by molar-refractivity contribution is 0.822. The molecule has 0 amide bonds. The summed E-state index contributed by atoms with van der Waals surface area (Å²) in [6.07, 6.45) is 19.9. The quantitative estimate of drug-likeness (QED) is 0.566. The van der Waals surface area contributed by atoms with Gasteiger partial charge in [-0.05, 0) is 29.9 Å². The average molecular weight is 194 g/mol. The average Bonchev–Trinajstić information content (AvgIpc) is 2.49. The Bertz CT molecular complexity index is 499. The van der Waals surface area contributed by atoms with Gasteiger partial charge in [0.25, 0.3) is 0 Å². The Balaban J connectivity index is 2.26. The monoisotopic (exact) mass is 194 g/mol. The fourth-order valence-electron chi connectivity index (χ4n) is 2.07. The first-order valence-electron chi connectivity index (χ1n) is 4.94. The third-order valence-electron chi connectivity index (χ3n) is 2.86. The summed E-state index contributed by atoms with van der Waals surface area (Å²) in [6, 6.07) is 0. The van der Waals surface area contributed by atoms with Gasteiger partial charge in [-0.1, -0.05) is 18.2 Å². The zero-order valence-corrected chi connectivity index (χ0v) is 8.17. The molecular weight excluding hydrogens is 184 g/mol. The van der Waals surface area contributed by atoms with Crippen LogP contribution in [0.2, 0.25) is 0 Å².